The summed E-state index contributed by atoms with van der Waals surface area (Å²) in [4.78, 5) is 17.1. The summed E-state index contributed by atoms with van der Waals surface area (Å²) in [6.45, 7) is 4.20. The fraction of sp³-hybridized carbons (Fsp3) is 0.429. The van der Waals surface area contributed by atoms with Gasteiger partial charge >= 0.3 is 5.97 Å². The molecule has 0 radical (unpaired) electrons. The second-order valence-corrected chi connectivity index (χ2v) is 7.61. The van der Waals surface area contributed by atoms with Gasteiger partial charge in [0.2, 0.25) is 0 Å². The minimum Gasteiger partial charge on any atom is -0.462 e. The van der Waals surface area contributed by atoms with Crippen LogP contribution in [0, 0.1) is 6.92 Å². The molecule has 0 atom stereocenters. The van der Waals surface area contributed by atoms with Gasteiger partial charge in [-0.3, -0.25) is 0 Å². The summed E-state index contributed by atoms with van der Waals surface area (Å²) < 4.78 is 5.27. The molecule has 0 spiro atoms. The van der Waals surface area contributed by atoms with Crippen LogP contribution in [0.3, 0.4) is 0 Å². The Hall–Kier alpha value is -2.07. The van der Waals surface area contributed by atoms with E-state index in [-0.39, 0.29) is 5.97 Å². The number of aromatic nitrogens is 1. The van der Waals surface area contributed by atoms with E-state index in [1.165, 1.54) is 5.56 Å². The van der Waals surface area contributed by atoms with E-state index in [0.717, 1.165) is 53.3 Å². The van der Waals surface area contributed by atoms with Crippen molar-refractivity contribution in [1.82, 2.24) is 4.98 Å². The predicted molar refractivity (Wildman–Crippen MR) is 104 cm³/mol. The van der Waals surface area contributed by atoms with Gasteiger partial charge in [-0.1, -0.05) is 17.7 Å². The lowest BCUT2D eigenvalue weighted by Gasteiger charge is -2.40. The molecule has 136 valence electrons. The topological polar surface area (TPSA) is 51.2 Å². The number of esters is 1. The summed E-state index contributed by atoms with van der Waals surface area (Å²) in [6, 6.07) is 5.93. The smallest absolute Gasteiger partial charge is 0.339 e. The lowest BCUT2D eigenvalue weighted by molar-refractivity contribution is 0.0522. The van der Waals surface area contributed by atoms with E-state index >= 15 is 0 Å². The number of pyridine rings is 1. The molecule has 3 aliphatic carbocycles. The molecule has 26 heavy (non-hydrogen) atoms. The van der Waals surface area contributed by atoms with Crippen LogP contribution in [0.25, 0.3) is 0 Å². The van der Waals surface area contributed by atoms with Crippen LogP contribution < -0.4 is 5.32 Å². The Labute approximate surface area is 158 Å². The number of benzene rings is 1. The largest absolute Gasteiger partial charge is 0.462 e. The molecule has 5 heteroatoms. The maximum Gasteiger partial charge on any atom is 0.339 e. The Bertz CT molecular complexity index is 857. The van der Waals surface area contributed by atoms with Crippen LogP contribution in [0.15, 0.2) is 24.4 Å². The summed E-state index contributed by atoms with van der Waals surface area (Å²) >= 11 is 6.27. The molecular formula is C21H23ClN2O2. The zero-order valence-electron chi connectivity index (χ0n) is 15.1. The minimum absolute atomic E-state index is 0.256. The van der Waals surface area contributed by atoms with Gasteiger partial charge in [-0.05, 0) is 74.6 Å². The highest BCUT2D eigenvalue weighted by atomic mass is 35.5. The molecule has 0 saturated heterocycles. The standard InChI is InChI=1S/C21H23ClN2O2/c1-3-26-21(25)16-11-23-20(24-15-9-4-12(2)17(22)10-15)19-14-7-5-13(6-8-14)18(16)19/h4,9-11,13-14H,3,5-8H2,1-2H3,(H,23,24). The number of nitrogens with zero attached hydrogens (tertiary/aromatic N) is 1. The molecule has 5 rings (SSSR count). The molecule has 3 aliphatic rings. The quantitative estimate of drug-likeness (QED) is 0.699. The normalized spacial score (nSPS) is 20.6. The van der Waals surface area contributed by atoms with Crippen molar-refractivity contribution in [2.24, 2.45) is 0 Å². The highest BCUT2D eigenvalue weighted by Gasteiger charge is 2.38. The van der Waals surface area contributed by atoms with Gasteiger partial charge in [0.25, 0.3) is 0 Å². The summed E-state index contributed by atoms with van der Waals surface area (Å²) in [6.07, 6.45) is 6.29. The average Bonchev–Trinajstić information content (AvgIpc) is 2.66. The van der Waals surface area contributed by atoms with Crippen LogP contribution in [0.4, 0.5) is 11.5 Å². The van der Waals surface area contributed by atoms with Crippen molar-refractivity contribution >= 4 is 29.1 Å². The van der Waals surface area contributed by atoms with Crippen LogP contribution in [0.5, 0.6) is 0 Å². The number of halogens is 1. The van der Waals surface area contributed by atoms with Crippen LogP contribution in [0.2, 0.25) is 5.02 Å². The molecule has 1 aromatic heterocycles. The third kappa shape index (κ3) is 2.96. The number of nitrogens with one attached hydrogen (secondary N) is 1. The van der Waals surface area contributed by atoms with Crippen molar-refractivity contribution < 1.29 is 9.53 Å². The molecular weight excluding hydrogens is 348 g/mol. The fourth-order valence-corrected chi connectivity index (χ4v) is 4.52. The molecule has 1 heterocycles. The first kappa shape index (κ1) is 17.3. The van der Waals surface area contributed by atoms with Crippen LogP contribution in [0.1, 0.15) is 71.5 Å². The highest BCUT2D eigenvalue weighted by Crippen LogP contribution is 2.52. The maximum absolute atomic E-state index is 12.4. The predicted octanol–water partition coefficient (Wildman–Crippen LogP) is 5.72. The first-order chi connectivity index (χ1) is 12.6. The Morgan fingerprint density at radius 1 is 1.23 bits per heavy atom. The summed E-state index contributed by atoms with van der Waals surface area (Å²) in [7, 11) is 0. The van der Waals surface area contributed by atoms with Gasteiger partial charge in [-0.25, -0.2) is 9.78 Å². The lowest BCUT2D eigenvalue weighted by Crippen LogP contribution is -2.26. The lowest BCUT2D eigenvalue weighted by atomic mass is 9.66. The Morgan fingerprint density at radius 3 is 2.58 bits per heavy atom. The van der Waals surface area contributed by atoms with Crippen molar-refractivity contribution in [3.63, 3.8) is 0 Å². The molecule has 1 aromatic carbocycles. The number of anilines is 2. The van der Waals surface area contributed by atoms with Crippen LogP contribution >= 0.6 is 11.6 Å². The van der Waals surface area contributed by atoms with Gasteiger partial charge in [0.1, 0.15) is 5.82 Å². The van der Waals surface area contributed by atoms with E-state index in [0.29, 0.717) is 24.0 Å². The highest BCUT2D eigenvalue weighted by molar-refractivity contribution is 6.31. The van der Waals surface area contributed by atoms with E-state index in [9.17, 15) is 4.79 Å². The van der Waals surface area contributed by atoms with Crippen LogP contribution in [-0.2, 0) is 4.74 Å². The Morgan fingerprint density at radius 2 is 1.92 bits per heavy atom. The van der Waals surface area contributed by atoms with Gasteiger partial charge in [0.05, 0.1) is 12.2 Å². The molecule has 0 unspecified atom stereocenters. The molecule has 0 aliphatic heterocycles. The van der Waals surface area contributed by atoms with E-state index < -0.39 is 0 Å². The summed E-state index contributed by atoms with van der Waals surface area (Å²) in [5, 5.41) is 4.17. The Balaban J connectivity index is 1.78. The summed E-state index contributed by atoms with van der Waals surface area (Å²) in [5.41, 5.74) is 4.96. The minimum atomic E-state index is -0.256. The maximum atomic E-state index is 12.4. The molecule has 4 nitrogen and oxygen atoms in total. The zero-order valence-corrected chi connectivity index (χ0v) is 15.9. The first-order valence-corrected chi connectivity index (χ1v) is 9.69. The molecule has 2 bridgehead atoms. The average molecular weight is 371 g/mol. The molecule has 1 fully saturated rings. The SMILES string of the molecule is CCOC(=O)c1cnc(Nc2ccc(C)c(Cl)c2)c2c1C1CCC2CC1. The number of carbonyl (C=O) groups is 1. The summed E-state index contributed by atoms with van der Waals surface area (Å²) in [5.74, 6) is 1.48. The second-order valence-electron chi connectivity index (χ2n) is 7.21. The van der Waals surface area contributed by atoms with E-state index in [2.05, 4.69) is 10.3 Å². The van der Waals surface area contributed by atoms with Gasteiger partial charge < -0.3 is 10.1 Å². The van der Waals surface area contributed by atoms with Crippen molar-refractivity contribution in [2.75, 3.05) is 11.9 Å². The van der Waals surface area contributed by atoms with Crippen molar-refractivity contribution in [3.05, 3.63) is 51.7 Å². The second kappa shape index (κ2) is 6.92. The van der Waals surface area contributed by atoms with Crippen molar-refractivity contribution in [3.8, 4) is 0 Å². The molecule has 2 aromatic rings. The number of rotatable bonds is 4. The van der Waals surface area contributed by atoms with Gasteiger partial charge in [0, 0.05) is 22.5 Å². The van der Waals surface area contributed by atoms with E-state index in [4.69, 9.17) is 16.3 Å². The van der Waals surface area contributed by atoms with E-state index in [1.54, 1.807) is 6.20 Å². The number of aryl methyl sites for hydroxylation is 1. The fourth-order valence-electron chi connectivity index (χ4n) is 4.34. The molecule has 0 amide bonds. The van der Waals surface area contributed by atoms with Gasteiger partial charge in [0.15, 0.2) is 0 Å². The van der Waals surface area contributed by atoms with Gasteiger partial charge in [-0.15, -0.1) is 0 Å². The number of carbonyl (C=O) groups excluding carboxylic acids is 1. The molecule has 1 saturated carbocycles. The molecule has 1 N–H and O–H groups in total. The number of hydrogen-bond acceptors (Lipinski definition) is 4. The van der Waals surface area contributed by atoms with Gasteiger partial charge in [-0.2, -0.15) is 0 Å². The van der Waals surface area contributed by atoms with Crippen molar-refractivity contribution in [1.29, 1.82) is 0 Å². The third-order valence-corrected chi connectivity index (χ3v) is 6.04. The van der Waals surface area contributed by atoms with E-state index in [1.807, 2.05) is 32.0 Å². The van der Waals surface area contributed by atoms with Crippen molar-refractivity contribution in [2.45, 2.75) is 51.4 Å². The monoisotopic (exact) mass is 370 g/mol. The van der Waals surface area contributed by atoms with Crippen LogP contribution in [-0.4, -0.2) is 17.6 Å². The third-order valence-electron chi connectivity index (χ3n) is 5.63. The number of fused-ring (bicyclic) bond motifs is 2. The first-order valence-electron chi connectivity index (χ1n) is 9.31. The zero-order chi connectivity index (χ0) is 18.3. The Kier molecular flexibility index (Phi) is 4.62. The number of hydrogen-bond donors (Lipinski definition) is 1. The number of ether oxygens (including phenoxy) is 1.